The molecule has 0 saturated carbocycles. The van der Waals surface area contributed by atoms with Crippen molar-refractivity contribution in [2.45, 2.75) is 17.4 Å². The van der Waals surface area contributed by atoms with Crippen molar-refractivity contribution in [3.05, 3.63) is 23.2 Å². The van der Waals surface area contributed by atoms with Gasteiger partial charge in [0.25, 0.3) is 0 Å². The first kappa shape index (κ1) is 13.6. The van der Waals surface area contributed by atoms with Gasteiger partial charge in [0.05, 0.1) is 21.7 Å². The second-order valence-corrected chi connectivity index (χ2v) is 6.54. The Bertz CT molecular complexity index is 547. The summed E-state index contributed by atoms with van der Waals surface area (Å²) in [5, 5.41) is 0.352. The minimum Gasteiger partial charge on any atom is -0.397 e. The SMILES string of the molecule is COC1CCN(S(=O)(=O)c2ccc(Cl)c(N)c2)C1. The standard InChI is InChI=1S/C11H15ClN2O3S/c1-17-8-4-5-14(7-8)18(15,16)9-2-3-10(12)11(13)6-9/h2-3,6,8H,4-5,7,13H2,1H3. The molecule has 7 heteroatoms. The third kappa shape index (κ3) is 2.47. The van der Waals surface area contributed by atoms with Gasteiger partial charge in [-0.15, -0.1) is 0 Å². The molecule has 1 saturated heterocycles. The summed E-state index contributed by atoms with van der Waals surface area (Å²) in [4.78, 5) is 0.168. The van der Waals surface area contributed by atoms with Crippen LogP contribution >= 0.6 is 11.6 Å². The molecule has 0 bridgehead atoms. The van der Waals surface area contributed by atoms with Crippen LogP contribution in [0.15, 0.2) is 23.1 Å². The minimum atomic E-state index is -3.51. The van der Waals surface area contributed by atoms with Crippen molar-refractivity contribution in [1.82, 2.24) is 4.31 Å². The van der Waals surface area contributed by atoms with Gasteiger partial charge in [-0.05, 0) is 24.6 Å². The molecule has 1 heterocycles. The van der Waals surface area contributed by atoms with E-state index in [4.69, 9.17) is 22.1 Å². The van der Waals surface area contributed by atoms with Crippen molar-refractivity contribution >= 4 is 27.3 Å². The van der Waals surface area contributed by atoms with Crippen molar-refractivity contribution in [2.75, 3.05) is 25.9 Å². The van der Waals surface area contributed by atoms with Crippen LogP contribution in [0.1, 0.15) is 6.42 Å². The van der Waals surface area contributed by atoms with E-state index in [0.717, 1.165) is 0 Å². The van der Waals surface area contributed by atoms with E-state index in [1.807, 2.05) is 0 Å². The number of rotatable bonds is 3. The van der Waals surface area contributed by atoms with E-state index in [1.165, 1.54) is 22.5 Å². The molecular formula is C11H15ClN2O3S. The molecule has 0 spiro atoms. The molecule has 1 aromatic carbocycles. The Morgan fingerprint density at radius 3 is 2.78 bits per heavy atom. The lowest BCUT2D eigenvalue weighted by molar-refractivity contribution is 0.115. The van der Waals surface area contributed by atoms with Gasteiger partial charge in [-0.3, -0.25) is 0 Å². The van der Waals surface area contributed by atoms with Gasteiger partial charge >= 0.3 is 0 Å². The zero-order valence-electron chi connectivity index (χ0n) is 9.97. The van der Waals surface area contributed by atoms with Crippen LogP contribution in [0.4, 0.5) is 5.69 Å². The third-order valence-electron chi connectivity index (χ3n) is 3.05. The van der Waals surface area contributed by atoms with Crippen LogP contribution in [0.2, 0.25) is 5.02 Å². The number of hydrogen-bond acceptors (Lipinski definition) is 4. The van der Waals surface area contributed by atoms with Gasteiger partial charge in [-0.2, -0.15) is 4.31 Å². The largest absolute Gasteiger partial charge is 0.397 e. The maximum atomic E-state index is 12.3. The van der Waals surface area contributed by atoms with Crippen LogP contribution in [0.5, 0.6) is 0 Å². The molecule has 1 aliphatic rings. The summed E-state index contributed by atoms with van der Waals surface area (Å²) >= 11 is 5.78. The predicted molar refractivity (Wildman–Crippen MR) is 70.0 cm³/mol. The Labute approximate surface area is 112 Å². The quantitative estimate of drug-likeness (QED) is 0.853. The second kappa shape index (κ2) is 5.05. The Morgan fingerprint density at radius 1 is 1.50 bits per heavy atom. The lowest BCUT2D eigenvalue weighted by atomic mass is 10.3. The van der Waals surface area contributed by atoms with E-state index in [0.29, 0.717) is 24.5 Å². The van der Waals surface area contributed by atoms with Gasteiger partial charge in [0.1, 0.15) is 0 Å². The Hall–Kier alpha value is -0.820. The second-order valence-electron chi connectivity index (χ2n) is 4.19. The Kier molecular flexibility index (Phi) is 3.82. The summed E-state index contributed by atoms with van der Waals surface area (Å²) in [6.45, 7) is 0.838. The van der Waals surface area contributed by atoms with E-state index < -0.39 is 10.0 Å². The number of anilines is 1. The van der Waals surface area contributed by atoms with Crippen LogP contribution in [0.25, 0.3) is 0 Å². The molecule has 1 atom stereocenters. The molecule has 0 aromatic heterocycles. The number of nitrogens with zero attached hydrogens (tertiary/aromatic N) is 1. The fraction of sp³-hybridized carbons (Fsp3) is 0.455. The molecule has 0 amide bonds. The van der Waals surface area contributed by atoms with E-state index in [2.05, 4.69) is 0 Å². The molecule has 5 nitrogen and oxygen atoms in total. The van der Waals surface area contributed by atoms with E-state index in [1.54, 1.807) is 7.11 Å². The molecule has 18 heavy (non-hydrogen) atoms. The van der Waals surface area contributed by atoms with Gasteiger partial charge < -0.3 is 10.5 Å². The molecular weight excluding hydrogens is 276 g/mol. The van der Waals surface area contributed by atoms with Crippen molar-refractivity contribution < 1.29 is 13.2 Å². The summed E-state index contributed by atoms with van der Waals surface area (Å²) in [5.74, 6) is 0. The maximum Gasteiger partial charge on any atom is 0.243 e. The minimum absolute atomic E-state index is 0.0376. The van der Waals surface area contributed by atoms with Gasteiger partial charge in [0, 0.05) is 20.2 Å². The number of methoxy groups -OCH3 is 1. The normalized spacial score (nSPS) is 21.3. The summed E-state index contributed by atoms with van der Waals surface area (Å²) < 4.78 is 31.2. The van der Waals surface area contributed by atoms with Gasteiger partial charge in [-0.25, -0.2) is 8.42 Å². The van der Waals surface area contributed by atoms with Crippen molar-refractivity contribution in [2.24, 2.45) is 0 Å². The third-order valence-corrected chi connectivity index (χ3v) is 5.25. The number of benzene rings is 1. The fourth-order valence-electron chi connectivity index (χ4n) is 1.94. The lowest BCUT2D eigenvalue weighted by Gasteiger charge is -2.16. The highest BCUT2D eigenvalue weighted by molar-refractivity contribution is 7.89. The number of ether oxygens (including phenoxy) is 1. The summed E-state index contributed by atoms with van der Waals surface area (Å²) in [5.41, 5.74) is 5.89. The first-order chi connectivity index (χ1) is 8.45. The Morgan fingerprint density at radius 2 is 2.22 bits per heavy atom. The Balaban J connectivity index is 2.28. The average molecular weight is 291 g/mol. The molecule has 2 N–H and O–H groups in total. The van der Waals surface area contributed by atoms with Gasteiger partial charge in [0.15, 0.2) is 0 Å². The predicted octanol–water partition coefficient (Wildman–Crippen LogP) is 1.33. The monoisotopic (exact) mass is 290 g/mol. The zero-order chi connectivity index (χ0) is 13.3. The zero-order valence-corrected chi connectivity index (χ0v) is 11.5. The number of nitrogen functional groups attached to an aromatic ring is 1. The number of nitrogens with two attached hydrogens (primary N) is 1. The summed E-state index contributed by atoms with van der Waals surface area (Å²) in [6.07, 6.45) is 0.670. The highest BCUT2D eigenvalue weighted by Gasteiger charge is 2.32. The number of sulfonamides is 1. The fourth-order valence-corrected chi connectivity index (χ4v) is 3.58. The molecule has 2 rings (SSSR count). The van der Waals surface area contributed by atoms with Crippen molar-refractivity contribution in [3.63, 3.8) is 0 Å². The van der Waals surface area contributed by atoms with Crippen LogP contribution in [0, 0.1) is 0 Å². The highest BCUT2D eigenvalue weighted by atomic mass is 35.5. The first-order valence-corrected chi connectivity index (χ1v) is 7.35. The first-order valence-electron chi connectivity index (χ1n) is 5.53. The topological polar surface area (TPSA) is 72.6 Å². The van der Waals surface area contributed by atoms with Crippen LogP contribution in [-0.4, -0.2) is 39.0 Å². The van der Waals surface area contributed by atoms with E-state index in [-0.39, 0.29) is 16.7 Å². The van der Waals surface area contributed by atoms with E-state index in [9.17, 15) is 8.42 Å². The molecule has 1 unspecified atom stereocenters. The molecule has 100 valence electrons. The van der Waals surface area contributed by atoms with E-state index >= 15 is 0 Å². The van der Waals surface area contributed by atoms with Crippen LogP contribution in [0.3, 0.4) is 0 Å². The molecule has 0 aliphatic carbocycles. The van der Waals surface area contributed by atoms with Gasteiger partial charge in [0.2, 0.25) is 10.0 Å². The molecule has 1 aromatic rings. The van der Waals surface area contributed by atoms with Gasteiger partial charge in [-0.1, -0.05) is 11.6 Å². The van der Waals surface area contributed by atoms with Crippen LogP contribution < -0.4 is 5.73 Å². The molecule has 1 fully saturated rings. The smallest absolute Gasteiger partial charge is 0.243 e. The summed E-state index contributed by atoms with van der Waals surface area (Å²) in [6, 6.07) is 4.35. The summed E-state index contributed by atoms with van der Waals surface area (Å²) in [7, 11) is -1.92. The molecule has 1 aliphatic heterocycles. The average Bonchev–Trinajstić information content (AvgIpc) is 2.81. The lowest BCUT2D eigenvalue weighted by Crippen LogP contribution is -2.30. The highest BCUT2D eigenvalue weighted by Crippen LogP contribution is 2.26. The molecule has 0 radical (unpaired) electrons. The maximum absolute atomic E-state index is 12.3. The van der Waals surface area contributed by atoms with Crippen LogP contribution in [-0.2, 0) is 14.8 Å². The number of hydrogen-bond donors (Lipinski definition) is 1. The van der Waals surface area contributed by atoms with Crippen molar-refractivity contribution in [1.29, 1.82) is 0 Å². The number of halogens is 1. The van der Waals surface area contributed by atoms with Crippen molar-refractivity contribution in [3.8, 4) is 0 Å².